The molecule has 0 aromatic heterocycles. The van der Waals surface area contributed by atoms with Crippen molar-refractivity contribution in [3.8, 4) is 5.75 Å². The number of likely N-dealkylation sites (N-methyl/N-ethyl adjacent to an activating group) is 1. The molecule has 0 aliphatic carbocycles. The topological polar surface area (TPSA) is 84.7 Å². The van der Waals surface area contributed by atoms with Gasteiger partial charge in [-0.05, 0) is 36.6 Å². The van der Waals surface area contributed by atoms with Gasteiger partial charge < -0.3 is 20.7 Å². The molecule has 1 rings (SSSR count). The Balaban J connectivity index is 2.51. The van der Waals surface area contributed by atoms with Crippen molar-refractivity contribution < 1.29 is 14.3 Å². The molecule has 3 N–H and O–H groups in total. The van der Waals surface area contributed by atoms with Gasteiger partial charge in [0.1, 0.15) is 5.75 Å². The molecule has 0 unspecified atom stereocenters. The quantitative estimate of drug-likeness (QED) is 0.799. The molecule has 122 valence electrons. The Morgan fingerprint density at radius 3 is 2.32 bits per heavy atom. The van der Waals surface area contributed by atoms with Gasteiger partial charge in [-0.3, -0.25) is 9.59 Å². The summed E-state index contributed by atoms with van der Waals surface area (Å²) in [5, 5.41) is 2.76. The van der Waals surface area contributed by atoms with E-state index in [1.54, 1.807) is 38.4 Å². The van der Waals surface area contributed by atoms with Crippen molar-refractivity contribution in [2.45, 2.75) is 26.3 Å². The number of anilines is 1. The molecule has 1 atom stereocenters. The lowest BCUT2D eigenvalue weighted by atomic mass is 10.0. The van der Waals surface area contributed by atoms with Gasteiger partial charge in [-0.1, -0.05) is 13.8 Å². The third-order valence-electron chi connectivity index (χ3n) is 3.05. The molecule has 6 heteroatoms. The highest BCUT2D eigenvalue weighted by atomic mass is 16.5. The van der Waals surface area contributed by atoms with E-state index in [0.29, 0.717) is 23.8 Å². The number of ether oxygens (including phenoxy) is 1. The Morgan fingerprint density at radius 1 is 1.23 bits per heavy atom. The minimum Gasteiger partial charge on any atom is -0.484 e. The second-order valence-corrected chi connectivity index (χ2v) is 5.83. The fraction of sp³-hybridized carbons (Fsp3) is 0.500. The minimum atomic E-state index is -0.520. The predicted molar refractivity (Wildman–Crippen MR) is 86.7 cm³/mol. The largest absolute Gasteiger partial charge is 0.484 e. The van der Waals surface area contributed by atoms with E-state index in [9.17, 15) is 9.59 Å². The van der Waals surface area contributed by atoms with E-state index >= 15 is 0 Å². The molecular formula is C16H25N3O3. The van der Waals surface area contributed by atoms with Gasteiger partial charge in [0.25, 0.3) is 5.91 Å². The summed E-state index contributed by atoms with van der Waals surface area (Å²) >= 11 is 0. The lowest BCUT2D eigenvalue weighted by Crippen LogP contribution is -2.36. The fourth-order valence-electron chi connectivity index (χ4n) is 1.76. The molecule has 0 heterocycles. The van der Waals surface area contributed by atoms with Gasteiger partial charge >= 0.3 is 0 Å². The molecule has 1 aromatic rings. The molecule has 1 aromatic carbocycles. The van der Waals surface area contributed by atoms with Crippen molar-refractivity contribution in [3.05, 3.63) is 24.3 Å². The number of benzene rings is 1. The maximum absolute atomic E-state index is 11.9. The number of carbonyl (C=O) groups excluding carboxylic acids is 2. The van der Waals surface area contributed by atoms with Crippen LogP contribution in [0, 0.1) is 5.92 Å². The summed E-state index contributed by atoms with van der Waals surface area (Å²) in [6.07, 6.45) is 0.639. The number of hydrogen-bond donors (Lipinski definition) is 2. The highest BCUT2D eigenvalue weighted by molar-refractivity contribution is 5.94. The van der Waals surface area contributed by atoms with Crippen LogP contribution in [0.2, 0.25) is 0 Å². The molecule has 0 saturated heterocycles. The molecule has 0 saturated carbocycles. The molecule has 0 aliphatic heterocycles. The van der Waals surface area contributed by atoms with Crippen molar-refractivity contribution >= 4 is 17.5 Å². The van der Waals surface area contributed by atoms with Gasteiger partial charge in [-0.2, -0.15) is 0 Å². The number of amides is 2. The highest BCUT2D eigenvalue weighted by Gasteiger charge is 2.15. The van der Waals surface area contributed by atoms with Crippen LogP contribution in [0.4, 0.5) is 5.69 Å². The summed E-state index contributed by atoms with van der Waals surface area (Å²) in [6, 6.07) is 6.32. The van der Waals surface area contributed by atoms with Crippen LogP contribution in [0.5, 0.6) is 5.75 Å². The van der Waals surface area contributed by atoms with E-state index in [0.717, 1.165) is 0 Å². The Labute approximate surface area is 131 Å². The third-order valence-corrected chi connectivity index (χ3v) is 3.05. The van der Waals surface area contributed by atoms with E-state index in [1.165, 1.54) is 4.90 Å². The van der Waals surface area contributed by atoms with Crippen LogP contribution in [-0.2, 0) is 9.59 Å². The number of nitrogens with zero attached hydrogens (tertiary/aromatic N) is 1. The summed E-state index contributed by atoms with van der Waals surface area (Å²) in [6.45, 7) is 4.03. The van der Waals surface area contributed by atoms with Crippen LogP contribution in [-0.4, -0.2) is 43.5 Å². The first kappa shape index (κ1) is 18.0. The predicted octanol–water partition coefficient (Wildman–Crippen LogP) is 1.47. The van der Waals surface area contributed by atoms with Gasteiger partial charge in [0.05, 0.1) is 6.04 Å². The van der Waals surface area contributed by atoms with E-state index in [1.807, 2.05) is 13.8 Å². The number of nitrogens with two attached hydrogens (primary N) is 1. The highest BCUT2D eigenvalue weighted by Crippen LogP contribution is 2.16. The fourth-order valence-corrected chi connectivity index (χ4v) is 1.76. The standard InChI is InChI=1S/C16H25N3O3/c1-11(2)9-14(17)16(21)18-12-5-7-13(8-6-12)22-10-15(20)19(3)4/h5-8,11,14H,9-10,17H2,1-4H3,(H,18,21)/t14-/m0/s1. The Morgan fingerprint density at radius 2 is 1.82 bits per heavy atom. The van der Waals surface area contributed by atoms with Crippen LogP contribution in [0.1, 0.15) is 20.3 Å². The second-order valence-electron chi connectivity index (χ2n) is 5.83. The summed E-state index contributed by atoms with van der Waals surface area (Å²) in [5.41, 5.74) is 6.47. The van der Waals surface area contributed by atoms with Crippen molar-refractivity contribution in [3.63, 3.8) is 0 Å². The van der Waals surface area contributed by atoms with Gasteiger partial charge in [0.15, 0.2) is 6.61 Å². The van der Waals surface area contributed by atoms with E-state index in [4.69, 9.17) is 10.5 Å². The molecule has 22 heavy (non-hydrogen) atoms. The van der Waals surface area contributed by atoms with Crippen LogP contribution in [0.25, 0.3) is 0 Å². The number of rotatable bonds is 7. The zero-order chi connectivity index (χ0) is 16.7. The molecule has 0 spiro atoms. The number of nitrogens with one attached hydrogen (secondary N) is 1. The summed E-state index contributed by atoms with van der Waals surface area (Å²) in [5.74, 6) is 0.618. The maximum atomic E-state index is 11.9. The molecule has 2 amide bonds. The normalized spacial score (nSPS) is 11.9. The average molecular weight is 307 g/mol. The second kappa shape index (κ2) is 8.38. The number of carbonyl (C=O) groups is 2. The lowest BCUT2D eigenvalue weighted by Gasteiger charge is -2.14. The summed E-state index contributed by atoms with van der Waals surface area (Å²) in [4.78, 5) is 24.8. The van der Waals surface area contributed by atoms with Crippen molar-refractivity contribution in [1.29, 1.82) is 0 Å². The SMILES string of the molecule is CC(C)C[C@H](N)C(=O)Nc1ccc(OCC(=O)N(C)C)cc1. The molecule has 0 bridgehead atoms. The van der Waals surface area contributed by atoms with Gasteiger partial charge in [0.2, 0.25) is 5.91 Å². The minimum absolute atomic E-state index is 0.0159. The molecule has 0 fully saturated rings. The van der Waals surface area contributed by atoms with Gasteiger partial charge in [-0.15, -0.1) is 0 Å². The molecule has 6 nitrogen and oxygen atoms in total. The van der Waals surface area contributed by atoms with Crippen LogP contribution in [0.3, 0.4) is 0 Å². The number of hydrogen-bond acceptors (Lipinski definition) is 4. The van der Waals surface area contributed by atoms with Crippen LogP contribution >= 0.6 is 0 Å². The van der Waals surface area contributed by atoms with Crippen molar-refractivity contribution in [2.24, 2.45) is 11.7 Å². The van der Waals surface area contributed by atoms with Crippen molar-refractivity contribution in [2.75, 3.05) is 26.0 Å². The zero-order valence-electron chi connectivity index (χ0n) is 13.6. The van der Waals surface area contributed by atoms with E-state index in [2.05, 4.69) is 5.32 Å². The first-order chi connectivity index (χ1) is 10.3. The van der Waals surface area contributed by atoms with Crippen molar-refractivity contribution in [1.82, 2.24) is 4.90 Å². The lowest BCUT2D eigenvalue weighted by molar-refractivity contribution is -0.130. The van der Waals surface area contributed by atoms with Gasteiger partial charge in [-0.25, -0.2) is 0 Å². The molecule has 0 aliphatic rings. The van der Waals surface area contributed by atoms with E-state index in [-0.39, 0.29) is 18.4 Å². The smallest absolute Gasteiger partial charge is 0.259 e. The Kier molecular flexibility index (Phi) is 6.85. The monoisotopic (exact) mass is 307 g/mol. The molecule has 0 radical (unpaired) electrons. The molecular weight excluding hydrogens is 282 g/mol. The maximum Gasteiger partial charge on any atom is 0.259 e. The Hall–Kier alpha value is -2.08. The van der Waals surface area contributed by atoms with Gasteiger partial charge in [0, 0.05) is 19.8 Å². The first-order valence-corrected chi connectivity index (χ1v) is 7.29. The average Bonchev–Trinajstić information content (AvgIpc) is 2.45. The van der Waals surface area contributed by atoms with E-state index < -0.39 is 6.04 Å². The zero-order valence-corrected chi connectivity index (χ0v) is 13.6. The third kappa shape index (κ3) is 6.13. The van der Waals surface area contributed by atoms with Crippen LogP contribution in [0.15, 0.2) is 24.3 Å². The summed E-state index contributed by atoms with van der Waals surface area (Å²) < 4.78 is 5.36. The summed E-state index contributed by atoms with van der Waals surface area (Å²) in [7, 11) is 3.34. The first-order valence-electron chi connectivity index (χ1n) is 7.29. The Bertz CT molecular complexity index is 498. The van der Waals surface area contributed by atoms with Crippen LogP contribution < -0.4 is 15.8 Å².